The van der Waals surface area contributed by atoms with Gasteiger partial charge in [-0.25, -0.2) is 4.79 Å². The molecule has 0 spiro atoms. The van der Waals surface area contributed by atoms with E-state index in [0.29, 0.717) is 12.1 Å². The van der Waals surface area contributed by atoms with E-state index in [0.717, 1.165) is 0 Å². The van der Waals surface area contributed by atoms with Gasteiger partial charge in [-0.2, -0.15) is 0 Å². The number of rotatable bonds is 3. The summed E-state index contributed by atoms with van der Waals surface area (Å²) >= 11 is 0. The van der Waals surface area contributed by atoms with Crippen molar-refractivity contribution in [1.29, 1.82) is 0 Å². The Hall–Kier alpha value is -0.870. The minimum atomic E-state index is -0.399. The first-order valence-corrected chi connectivity index (χ1v) is 3.80. The first-order valence-electron chi connectivity index (χ1n) is 3.80. The van der Waals surface area contributed by atoms with Gasteiger partial charge in [0.05, 0.1) is 12.2 Å². The lowest BCUT2D eigenvalue weighted by Gasteiger charge is -2.13. The summed E-state index contributed by atoms with van der Waals surface area (Å²) in [6.45, 7) is 0.429. The van der Waals surface area contributed by atoms with E-state index in [9.17, 15) is 4.79 Å². The van der Waals surface area contributed by atoms with E-state index < -0.39 is 5.97 Å². The van der Waals surface area contributed by atoms with Crippen molar-refractivity contribution < 1.29 is 14.6 Å². The Balaban J connectivity index is 2.52. The maximum Gasteiger partial charge on any atom is 0.336 e. The molecular formula is C8H13NO3. The van der Waals surface area contributed by atoms with Crippen molar-refractivity contribution in [2.75, 3.05) is 27.2 Å². The summed E-state index contributed by atoms with van der Waals surface area (Å²) < 4.78 is 4.94. The van der Waals surface area contributed by atoms with Crippen LogP contribution < -0.4 is 0 Å². The molecule has 1 aliphatic heterocycles. The van der Waals surface area contributed by atoms with Crippen molar-refractivity contribution >= 4 is 5.97 Å². The molecule has 1 N–H and O–H groups in total. The van der Waals surface area contributed by atoms with Gasteiger partial charge in [-0.05, 0) is 20.2 Å². The van der Waals surface area contributed by atoms with E-state index in [1.807, 2.05) is 19.0 Å². The number of aliphatic hydroxyl groups excluding tert-OH is 1. The van der Waals surface area contributed by atoms with Crippen LogP contribution in [0.2, 0.25) is 0 Å². The fourth-order valence-electron chi connectivity index (χ4n) is 1.11. The molecule has 4 nitrogen and oxygen atoms in total. The molecule has 0 aromatic carbocycles. The van der Waals surface area contributed by atoms with Crippen molar-refractivity contribution in [3.63, 3.8) is 0 Å². The molecule has 0 saturated heterocycles. The Morgan fingerprint density at radius 1 is 1.67 bits per heavy atom. The zero-order valence-electron chi connectivity index (χ0n) is 7.28. The highest BCUT2D eigenvalue weighted by Crippen LogP contribution is 2.13. The smallest absolute Gasteiger partial charge is 0.336 e. The zero-order chi connectivity index (χ0) is 9.14. The van der Waals surface area contributed by atoms with Crippen LogP contribution in [0.1, 0.15) is 0 Å². The fourth-order valence-corrected chi connectivity index (χ4v) is 1.11. The highest BCUT2D eigenvalue weighted by molar-refractivity contribution is 5.91. The first-order chi connectivity index (χ1) is 5.63. The molecule has 1 atom stereocenters. The maximum atomic E-state index is 10.9. The quantitative estimate of drug-likeness (QED) is 0.576. The van der Waals surface area contributed by atoms with Crippen LogP contribution in [0.15, 0.2) is 11.6 Å². The molecule has 0 bridgehead atoms. The monoisotopic (exact) mass is 171 g/mol. The Kier molecular flexibility index (Phi) is 2.83. The predicted octanol–water partition coefficient (Wildman–Crippen LogP) is -0.608. The number of esters is 1. The van der Waals surface area contributed by atoms with E-state index in [1.54, 1.807) is 6.08 Å². The predicted molar refractivity (Wildman–Crippen MR) is 43.6 cm³/mol. The molecule has 12 heavy (non-hydrogen) atoms. The lowest BCUT2D eigenvalue weighted by atomic mass is 10.2. The summed E-state index contributed by atoms with van der Waals surface area (Å²) in [6, 6.07) is 0. The number of aliphatic hydroxyl groups is 1. The molecule has 0 amide bonds. The van der Waals surface area contributed by atoms with Gasteiger partial charge in [0.2, 0.25) is 0 Å². The molecule has 0 aliphatic carbocycles. The van der Waals surface area contributed by atoms with Gasteiger partial charge < -0.3 is 14.7 Å². The number of cyclic esters (lactones) is 1. The Bertz CT molecular complexity index is 210. The third-order valence-electron chi connectivity index (χ3n) is 1.62. The minimum Gasteiger partial charge on any atom is -0.453 e. The first kappa shape index (κ1) is 9.22. The standard InChI is InChI=1S/C8H13NO3/c1-9(2)4-7-3-6(5-10)8(11)12-7/h3,7,10H,4-5H2,1-2H3. The molecule has 0 radical (unpaired) electrons. The molecule has 0 aromatic heterocycles. The third kappa shape index (κ3) is 2.06. The van der Waals surface area contributed by atoms with Gasteiger partial charge in [0.1, 0.15) is 6.10 Å². The van der Waals surface area contributed by atoms with Crippen LogP contribution in [0.4, 0.5) is 0 Å². The zero-order valence-corrected chi connectivity index (χ0v) is 7.28. The van der Waals surface area contributed by atoms with E-state index in [4.69, 9.17) is 9.84 Å². The Labute approximate surface area is 71.4 Å². The van der Waals surface area contributed by atoms with Crippen LogP contribution in [0.3, 0.4) is 0 Å². The van der Waals surface area contributed by atoms with Crippen molar-refractivity contribution in [2.24, 2.45) is 0 Å². The van der Waals surface area contributed by atoms with Crippen molar-refractivity contribution in [3.8, 4) is 0 Å². The van der Waals surface area contributed by atoms with Crippen LogP contribution >= 0.6 is 0 Å². The number of likely N-dealkylation sites (N-methyl/N-ethyl adjacent to an activating group) is 1. The van der Waals surface area contributed by atoms with E-state index >= 15 is 0 Å². The average molecular weight is 171 g/mol. The van der Waals surface area contributed by atoms with Crippen LogP contribution in [0, 0.1) is 0 Å². The largest absolute Gasteiger partial charge is 0.453 e. The SMILES string of the molecule is CN(C)CC1C=C(CO)C(=O)O1. The molecule has 0 aromatic rings. The summed E-state index contributed by atoms with van der Waals surface area (Å²) in [7, 11) is 3.80. The molecule has 1 heterocycles. The number of ether oxygens (including phenoxy) is 1. The normalized spacial score (nSPS) is 22.8. The molecule has 0 fully saturated rings. The van der Waals surface area contributed by atoms with E-state index in [-0.39, 0.29) is 12.7 Å². The van der Waals surface area contributed by atoms with E-state index in [2.05, 4.69) is 0 Å². The molecule has 0 saturated carbocycles. The molecule has 1 rings (SSSR count). The molecule has 68 valence electrons. The molecule has 1 aliphatic rings. The van der Waals surface area contributed by atoms with Crippen LogP contribution in [0.25, 0.3) is 0 Å². The highest BCUT2D eigenvalue weighted by Gasteiger charge is 2.24. The van der Waals surface area contributed by atoms with Crippen molar-refractivity contribution in [3.05, 3.63) is 11.6 Å². The number of nitrogens with zero attached hydrogens (tertiary/aromatic N) is 1. The second kappa shape index (κ2) is 3.69. The molecule has 4 heteroatoms. The van der Waals surface area contributed by atoms with Gasteiger partial charge in [0, 0.05) is 6.54 Å². The van der Waals surface area contributed by atoms with Crippen LogP contribution in [-0.2, 0) is 9.53 Å². The van der Waals surface area contributed by atoms with Gasteiger partial charge in [-0.3, -0.25) is 0 Å². The van der Waals surface area contributed by atoms with E-state index in [1.165, 1.54) is 0 Å². The lowest BCUT2D eigenvalue weighted by molar-refractivity contribution is -0.140. The van der Waals surface area contributed by atoms with Crippen molar-refractivity contribution in [2.45, 2.75) is 6.10 Å². The van der Waals surface area contributed by atoms with Gasteiger partial charge >= 0.3 is 5.97 Å². The molecular weight excluding hydrogens is 158 g/mol. The third-order valence-corrected chi connectivity index (χ3v) is 1.62. The van der Waals surface area contributed by atoms with Gasteiger partial charge in [0.15, 0.2) is 0 Å². The van der Waals surface area contributed by atoms with Crippen LogP contribution in [0.5, 0.6) is 0 Å². The number of hydrogen-bond acceptors (Lipinski definition) is 4. The maximum absolute atomic E-state index is 10.9. The average Bonchev–Trinajstić information content (AvgIpc) is 2.29. The van der Waals surface area contributed by atoms with Crippen molar-refractivity contribution in [1.82, 2.24) is 4.90 Å². The fraction of sp³-hybridized carbons (Fsp3) is 0.625. The molecule has 1 unspecified atom stereocenters. The summed E-state index contributed by atoms with van der Waals surface area (Å²) in [6.07, 6.45) is 1.47. The second-order valence-electron chi connectivity index (χ2n) is 3.06. The summed E-state index contributed by atoms with van der Waals surface area (Å²) in [5.41, 5.74) is 0.363. The minimum absolute atomic E-state index is 0.199. The summed E-state index contributed by atoms with van der Waals surface area (Å²) in [5.74, 6) is -0.399. The topological polar surface area (TPSA) is 49.8 Å². The Morgan fingerprint density at radius 3 is 2.75 bits per heavy atom. The second-order valence-corrected chi connectivity index (χ2v) is 3.06. The van der Waals surface area contributed by atoms with Crippen LogP contribution in [-0.4, -0.2) is 49.3 Å². The summed E-state index contributed by atoms with van der Waals surface area (Å²) in [4.78, 5) is 12.9. The highest BCUT2D eigenvalue weighted by atomic mass is 16.5. The lowest BCUT2D eigenvalue weighted by Crippen LogP contribution is -2.25. The van der Waals surface area contributed by atoms with Gasteiger partial charge in [-0.15, -0.1) is 0 Å². The summed E-state index contributed by atoms with van der Waals surface area (Å²) in [5, 5.41) is 8.71. The Morgan fingerprint density at radius 2 is 2.33 bits per heavy atom. The number of hydrogen-bond donors (Lipinski definition) is 1. The van der Waals surface area contributed by atoms with Gasteiger partial charge in [-0.1, -0.05) is 0 Å². The number of carbonyl (C=O) groups is 1. The number of carbonyl (C=O) groups excluding carboxylic acids is 1. The van der Waals surface area contributed by atoms with Gasteiger partial charge in [0.25, 0.3) is 0 Å².